The molecule has 0 bridgehead atoms. The van der Waals surface area contributed by atoms with Gasteiger partial charge in [-0.05, 0) is 57.5 Å². The summed E-state index contributed by atoms with van der Waals surface area (Å²) in [7, 11) is 2.04. The molecule has 3 heteroatoms. The second-order valence-corrected chi connectivity index (χ2v) is 5.66. The Bertz CT molecular complexity index is 375. The predicted molar refractivity (Wildman–Crippen MR) is 79.5 cm³/mol. The van der Waals surface area contributed by atoms with Gasteiger partial charge in [0.15, 0.2) is 0 Å². The van der Waals surface area contributed by atoms with Gasteiger partial charge in [-0.15, -0.1) is 0 Å². The smallest absolute Gasteiger partial charge is 0.115 e. The highest BCUT2D eigenvalue weighted by Gasteiger charge is 2.25. The Balaban J connectivity index is 1.96. The Kier molecular flexibility index (Phi) is 5.23. The Hall–Kier alpha value is -1.06. The van der Waals surface area contributed by atoms with E-state index in [1.165, 1.54) is 31.4 Å². The van der Waals surface area contributed by atoms with Crippen LogP contribution >= 0.6 is 0 Å². The predicted octanol–water partition coefficient (Wildman–Crippen LogP) is 2.40. The molecule has 1 heterocycles. The Labute approximate surface area is 116 Å². The highest BCUT2D eigenvalue weighted by molar-refractivity contribution is 5.26. The number of nitrogens with one attached hydrogen (secondary N) is 1. The third kappa shape index (κ3) is 3.95. The summed E-state index contributed by atoms with van der Waals surface area (Å²) in [6.07, 6.45) is 5.04. The van der Waals surface area contributed by atoms with Crippen LogP contribution in [0.3, 0.4) is 0 Å². The molecule has 0 aliphatic carbocycles. The summed E-state index contributed by atoms with van der Waals surface area (Å²) >= 11 is 0. The SMILES string of the molecule is CNCC1CCCCN1C(C)Cc1ccc(O)cc1. The van der Waals surface area contributed by atoms with Crippen molar-refractivity contribution in [2.24, 2.45) is 0 Å². The quantitative estimate of drug-likeness (QED) is 0.855. The molecule has 2 N–H and O–H groups in total. The minimum absolute atomic E-state index is 0.349. The average Bonchev–Trinajstić information content (AvgIpc) is 2.42. The molecule has 1 saturated heterocycles. The number of hydrogen-bond acceptors (Lipinski definition) is 3. The van der Waals surface area contributed by atoms with Crippen molar-refractivity contribution in [3.63, 3.8) is 0 Å². The van der Waals surface area contributed by atoms with Gasteiger partial charge in [0.25, 0.3) is 0 Å². The largest absolute Gasteiger partial charge is 0.508 e. The van der Waals surface area contributed by atoms with Gasteiger partial charge in [-0.3, -0.25) is 4.90 Å². The lowest BCUT2D eigenvalue weighted by Crippen LogP contribution is -2.49. The van der Waals surface area contributed by atoms with E-state index < -0.39 is 0 Å². The fourth-order valence-corrected chi connectivity index (χ4v) is 3.15. The zero-order chi connectivity index (χ0) is 13.7. The lowest BCUT2D eigenvalue weighted by Gasteiger charge is -2.40. The van der Waals surface area contributed by atoms with Crippen LogP contribution in [0, 0.1) is 0 Å². The first-order valence-corrected chi connectivity index (χ1v) is 7.39. The zero-order valence-electron chi connectivity index (χ0n) is 12.1. The van der Waals surface area contributed by atoms with E-state index in [0.29, 0.717) is 17.8 Å². The number of phenolic OH excluding ortho intramolecular Hbond substituents is 1. The first-order chi connectivity index (χ1) is 9.20. The number of piperidine rings is 1. The lowest BCUT2D eigenvalue weighted by molar-refractivity contribution is 0.103. The first-order valence-electron chi connectivity index (χ1n) is 7.39. The number of rotatable bonds is 5. The zero-order valence-corrected chi connectivity index (χ0v) is 12.1. The topological polar surface area (TPSA) is 35.5 Å². The van der Waals surface area contributed by atoms with E-state index >= 15 is 0 Å². The number of aromatic hydroxyl groups is 1. The van der Waals surface area contributed by atoms with Gasteiger partial charge in [0.2, 0.25) is 0 Å². The van der Waals surface area contributed by atoms with Crippen molar-refractivity contribution in [2.45, 2.75) is 44.7 Å². The molecule has 0 spiro atoms. The molecule has 2 rings (SSSR count). The lowest BCUT2D eigenvalue weighted by atomic mass is 9.97. The van der Waals surface area contributed by atoms with E-state index in [2.05, 4.69) is 17.1 Å². The van der Waals surface area contributed by atoms with Crippen molar-refractivity contribution < 1.29 is 5.11 Å². The number of phenols is 1. The molecule has 3 nitrogen and oxygen atoms in total. The summed E-state index contributed by atoms with van der Waals surface area (Å²) < 4.78 is 0. The normalized spacial score (nSPS) is 22.3. The van der Waals surface area contributed by atoms with E-state index in [4.69, 9.17) is 0 Å². The van der Waals surface area contributed by atoms with Gasteiger partial charge >= 0.3 is 0 Å². The van der Waals surface area contributed by atoms with Crippen LogP contribution in [0.25, 0.3) is 0 Å². The fourth-order valence-electron chi connectivity index (χ4n) is 3.15. The van der Waals surface area contributed by atoms with Crippen LogP contribution in [0.5, 0.6) is 5.75 Å². The number of likely N-dealkylation sites (N-methyl/N-ethyl adjacent to an activating group) is 1. The third-order valence-electron chi connectivity index (χ3n) is 4.15. The van der Waals surface area contributed by atoms with Gasteiger partial charge in [-0.25, -0.2) is 0 Å². The summed E-state index contributed by atoms with van der Waals surface area (Å²) in [6.45, 7) is 4.62. The highest BCUT2D eigenvalue weighted by Crippen LogP contribution is 2.21. The van der Waals surface area contributed by atoms with E-state index in [9.17, 15) is 5.11 Å². The van der Waals surface area contributed by atoms with Crippen LogP contribution in [0.4, 0.5) is 0 Å². The molecular formula is C16H26N2O. The van der Waals surface area contributed by atoms with Gasteiger partial charge in [-0.2, -0.15) is 0 Å². The van der Waals surface area contributed by atoms with Crippen molar-refractivity contribution in [1.29, 1.82) is 0 Å². The number of benzene rings is 1. The molecule has 2 unspecified atom stereocenters. The molecule has 0 saturated carbocycles. The van der Waals surface area contributed by atoms with Gasteiger partial charge in [0.1, 0.15) is 5.75 Å². The molecule has 1 aliphatic rings. The van der Waals surface area contributed by atoms with Crippen LogP contribution in [0.2, 0.25) is 0 Å². The summed E-state index contributed by atoms with van der Waals surface area (Å²) in [5, 5.41) is 12.7. The summed E-state index contributed by atoms with van der Waals surface area (Å²) in [5.41, 5.74) is 1.30. The van der Waals surface area contributed by atoms with E-state index in [1.54, 1.807) is 12.1 Å². The molecule has 1 aromatic carbocycles. The third-order valence-corrected chi connectivity index (χ3v) is 4.15. The van der Waals surface area contributed by atoms with Crippen molar-refractivity contribution >= 4 is 0 Å². The molecule has 1 aliphatic heterocycles. The van der Waals surface area contributed by atoms with Gasteiger partial charge in [-0.1, -0.05) is 18.6 Å². The maximum absolute atomic E-state index is 9.33. The molecule has 106 valence electrons. The number of likely N-dealkylation sites (tertiary alicyclic amines) is 1. The molecule has 2 atom stereocenters. The van der Waals surface area contributed by atoms with Crippen molar-refractivity contribution in [1.82, 2.24) is 10.2 Å². The standard InChI is InChI=1S/C16H26N2O/c1-13(11-14-6-8-16(19)9-7-14)18-10-4-3-5-15(18)12-17-2/h6-9,13,15,17,19H,3-5,10-12H2,1-2H3. The Morgan fingerprint density at radius 1 is 1.32 bits per heavy atom. The monoisotopic (exact) mass is 262 g/mol. The molecule has 19 heavy (non-hydrogen) atoms. The van der Waals surface area contributed by atoms with Crippen molar-refractivity contribution in [3.8, 4) is 5.75 Å². The maximum atomic E-state index is 9.33. The molecule has 0 aromatic heterocycles. The first kappa shape index (κ1) is 14.4. The number of nitrogens with zero attached hydrogens (tertiary/aromatic N) is 1. The van der Waals surface area contributed by atoms with Crippen LogP contribution in [0.1, 0.15) is 31.7 Å². The molecular weight excluding hydrogens is 236 g/mol. The summed E-state index contributed by atoms with van der Waals surface area (Å²) in [6, 6.07) is 8.85. The van der Waals surface area contributed by atoms with E-state index in [-0.39, 0.29) is 0 Å². The average molecular weight is 262 g/mol. The van der Waals surface area contributed by atoms with E-state index in [0.717, 1.165) is 13.0 Å². The van der Waals surface area contributed by atoms with Gasteiger partial charge in [0.05, 0.1) is 0 Å². The Morgan fingerprint density at radius 2 is 2.05 bits per heavy atom. The number of hydrogen-bond donors (Lipinski definition) is 2. The molecule has 0 radical (unpaired) electrons. The van der Waals surface area contributed by atoms with Crippen LogP contribution in [-0.2, 0) is 6.42 Å². The summed E-state index contributed by atoms with van der Waals surface area (Å²) in [4.78, 5) is 2.65. The second-order valence-electron chi connectivity index (χ2n) is 5.66. The van der Waals surface area contributed by atoms with Crippen LogP contribution in [0.15, 0.2) is 24.3 Å². The fraction of sp³-hybridized carbons (Fsp3) is 0.625. The molecule has 1 fully saturated rings. The molecule has 1 aromatic rings. The van der Waals surface area contributed by atoms with Crippen molar-refractivity contribution in [2.75, 3.05) is 20.1 Å². The maximum Gasteiger partial charge on any atom is 0.115 e. The van der Waals surface area contributed by atoms with Crippen LogP contribution < -0.4 is 5.32 Å². The van der Waals surface area contributed by atoms with E-state index in [1.807, 2.05) is 19.2 Å². The van der Waals surface area contributed by atoms with Crippen LogP contribution in [-0.4, -0.2) is 42.2 Å². The highest BCUT2D eigenvalue weighted by atomic mass is 16.3. The minimum atomic E-state index is 0.349. The van der Waals surface area contributed by atoms with Crippen molar-refractivity contribution in [3.05, 3.63) is 29.8 Å². The molecule has 0 amide bonds. The van der Waals surface area contributed by atoms with Gasteiger partial charge < -0.3 is 10.4 Å². The second kappa shape index (κ2) is 6.92. The summed E-state index contributed by atoms with van der Waals surface area (Å²) in [5.74, 6) is 0.349. The van der Waals surface area contributed by atoms with Gasteiger partial charge in [0, 0.05) is 18.6 Å². The minimum Gasteiger partial charge on any atom is -0.508 e. The Morgan fingerprint density at radius 3 is 2.74 bits per heavy atom.